The van der Waals surface area contributed by atoms with Gasteiger partial charge in [0.25, 0.3) is 0 Å². The summed E-state index contributed by atoms with van der Waals surface area (Å²) in [6, 6.07) is 3.70. The number of nitrogens with zero attached hydrogens (tertiary/aromatic N) is 4. The molecule has 3 rings (SSSR count). The van der Waals surface area contributed by atoms with Crippen molar-refractivity contribution in [1.82, 2.24) is 9.78 Å². The van der Waals surface area contributed by atoms with E-state index in [1.165, 1.54) is 7.11 Å². The Morgan fingerprint density at radius 3 is 2.47 bits per heavy atom. The largest absolute Gasteiger partial charge is 0.573 e. The number of hydrogen-bond donors (Lipinski definition) is 0. The number of benzene rings is 1. The molecule has 0 spiro atoms. The molecule has 0 amide bonds. The molecule has 0 radical (unpaired) electrons. The lowest BCUT2D eigenvalue weighted by Crippen LogP contribution is -2.22. The van der Waals surface area contributed by atoms with Crippen LogP contribution in [0.15, 0.2) is 17.1 Å². The van der Waals surface area contributed by atoms with Crippen molar-refractivity contribution >= 4 is 41.4 Å². The highest BCUT2D eigenvalue weighted by Gasteiger charge is 2.57. The summed E-state index contributed by atoms with van der Waals surface area (Å²) >= 11 is 12.4. The van der Waals surface area contributed by atoms with Crippen molar-refractivity contribution in [3.05, 3.63) is 33.4 Å². The third-order valence-corrected chi connectivity index (χ3v) is 5.20. The van der Waals surface area contributed by atoms with Crippen molar-refractivity contribution in [3.8, 4) is 17.5 Å². The van der Waals surface area contributed by atoms with Gasteiger partial charge in [0.15, 0.2) is 17.9 Å². The van der Waals surface area contributed by atoms with Crippen LogP contribution in [0.3, 0.4) is 0 Å². The second-order valence-electron chi connectivity index (χ2n) is 6.62. The zero-order valence-electron chi connectivity index (χ0n) is 16.7. The molecule has 1 heterocycles. The molecule has 32 heavy (non-hydrogen) atoms. The van der Waals surface area contributed by atoms with Crippen LogP contribution in [0.2, 0.25) is 10.0 Å². The first kappa shape index (κ1) is 23.7. The number of aliphatic imine (C=N–C) groups is 1. The monoisotopic (exact) mass is 490 g/mol. The van der Waals surface area contributed by atoms with Gasteiger partial charge in [0.2, 0.25) is 0 Å². The standard InChI is InChI=1S/C19H15Cl2F3N4O4/c1-3-31-9-26-16-14(18(4-5-18)17(29)30-2)13(8-25)27-28(16)15-11(20)6-10(7-12(15)21)32-19(22,23)24/h6-7,9H,3-5H2,1-2H3/b26-9+. The number of ether oxygens (including phenoxy) is 3. The minimum absolute atomic E-state index is 0.00573. The number of alkyl halides is 3. The number of carbonyl (C=O) groups is 1. The van der Waals surface area contributed by atoms with Crippen LogP contribution >= 0.6 is 23.2 Å². The van der Waals surface area contributed by atoms with E-state index in [1.54, 1.807) is 6.92 Å². The highest BCUT2D eigenvalue weighted by Crippen LogP contribution is 2.54. The van der Waals surface area contributed by atoms with E-state index in [2.05, 4.69) is 14.8 Å². The van der Waals surface area contributed by atoms with Crippen molar-refractivity contribution in [2.24, 2.45) is 4.99 Å². The summed E-state index contributed by atoms with van der Waals surface area (Å²) in [5.74, 6) is -1.21. The molecule has 1 aromatic heterocycles. The number of hydrogen-bond acceptors (Lipinski definition) is 7. The molecule has 1 saturated carbocycles. The van der Waals surface area contributed by atoms with Gasteiger partial charge in [-0.2, -0.15) is 10.4 Å². The van der Waals surface area contributed by atoms with Gasteiger partial charge in [-0.3, -0.25) is 4.79 Å². The second-order valence-corrected chi connectivity index (χ2v) is 7.43. The van der Waals surface area contributed by atoms with Crippen molar-refractivity contribution in [2.75, 3.05) is 13.7 Å². The highest BCUT2D eigenvalue weighted by atomic mass is 35.5. The average Bonchev–Trinajstić information content (AvgIpc) is 3.42. The topological polar surface area (TPSA) is 98.7 Å². The van der Waals surface area contributed by atoms with Gasteiger partial charge >= 0.3 is 12.3 Å². The highest BCUT2D eigenvalue weighted by molar-refractivity contribution is 6.38. The van der Waals surface area contributed by atoms with Gasteiger partial charge in [-0.1, -0.05) is 23.2 Å². The smallest absolute Gasteiger partial charge is 0.483 e. The maximum atomic E-state index is 12.6. The van der Waals surface area contributed by atoms with Crippen molar-refractivity contribution in [2.45, 2.75) is 31.5 Å². The Morgan fingerprint density at radius 1 is 1.38 bits per heavy atom. The van der Waals surface area contributed by atoms with Crippen molar-refractivity contribution < 1.29 is 32.2 Å². The maximum Gasteiger partial charge on any atom is 0.573 e. The lowest BCUT2D eigenvalue weighted by atomic mass is 9.95. The molecule has 170 valence electrons. The Kier molecular flexibility index (Phi) is 6.57. The molecule has 0 unspecified atom stereocenters. The number of esters is 1. The molecule has 1 aliphatic rings. The first-order chi connectivity index (χ1) is 15.1. The Bertz CT molecular complexity index is 1100. The lowest BCUT2D eigenvalue weighted by Gasteiger charge is -2.15. The van der Waals surface area contributed by atoms with Crippen molar-refractivity contribution in [1.29, 1.82) is 5.26 Å². The quantitative estimate of drug-likeness (QED) is 0.312. The van der Waals surface area contributed by atoms with Crippen LogP contribution in [0.1, 0.15) is 31.0 Å². The zero-order chi connectivity index (χ0) is 23.7. The number of rotatable bonds is 7. The van der Waals surface area contributed by atoms with E-state index in [4.69, 9.17) is 32.7 Å². The van der Waals surface area contributed by atoms with Crippen LogP contribution in [0.25, 0.3) is 5.69 Å². The van der Waals surface area contributed by atoms with Crippen LogP contribution in [0.5, 0.6) is 5.75 Å². The third kappa shape index (κ3) is 4.47. The third-order valence-electron chi connectivity index (χ3n) is 4.62. The minimum Gasteiger partial charge on any atom is -0.483 e. The Hall–Kier alpha value is -2.97. The first-order valence-electron chi connectivity index (χ1n) is 9.09. The molecule has 1 fully saturated rings. The summed E-state index contributed by atoms with van der Waals surface area (Å²) in [6.45, 7) is 2.00. The normalized spacial score (nSPS) is 14.8. The molecule has 0 atom stereocenters. The number of nitriles is 1. The minimum atomic E-state index is -4.95. The van der Waals surface area contributed by atoms with E-state index in [0.717, 1.165) is 23.2 Å². The molecule has 1 aliphatic carbocycles. The van der Waals surface area contributed by atoms with E-state index in [-0.39, 0.29) is 39.4 Å². The predicted octanol–water partition coefficient (Wildman–Crippen LogP) is 4.85. The molecule has 1 aromatic carbocycles. The number of carbonyl (C=O) groups excluding carboxylic acids is 1. The lowest BCUT2D eigenvalue weighted by molar-refractivity contribution is -0.274. The zero-order valence-corrected chi connectivity index (χ0v) is 18.2. The van der Waals surface area contributed by atoms with Gasteiger partial charge < -0.3 is 14.2 Å². The molecule has 0 saturated heterocycles. The molecule has 2 aromatic rings. The summed E-state index contributed by atoms with van der Waals surface area (Å²) in [5.41, 5.74) is -1.16. The second kappa shape index (κ2) is 8.88. The summed E-state index contributed by atoms with van der Waals surface area (Å²) in [4.78, 5) is 16.7. The predicted molar refractivity (Wildman–Crippen MR) is 108 cm³/mol. The average molecular weight is 491 g/mol. The summed E-state index contributed by atoms with van der Waals surface area (Å²) in [6.07, 6.45) is -3.09. The Balaban J connectivity index is 2.24. The maximum absolute atomic E-state index is 12.6. The van der Waals surface area contributed by atoms with Crippen LogP contribution in [0.4, 0.5) is 19.0 Å². The number of methoxy groups -OCH3 is 1. The first-order valence-corrected chi connectivity index (χ1v) is 9.85. The molecule has 0 aliphatic heterocycles. The Labute approximate surface area is 190 Å². The van der Waals surface area contributed by atoms with Gasteiger partial charge in [0.05, 0.1) is 34.7 Å². The van der Waals surface area contributed by atoms with Gasteiger partial charge in [-0.15, -0.1) is 13.2 Å². The fourth-order valence-electron chi connectivity index (χ4n) is 3.18. The summed E-state index contributed by atoms with van der Waals surface area (Å²) in [5, 5.41) is 13.3. The Morgan fingerprint density at radius 2 is 2.00 bits per heavy atom. The van der Waals surface area contributed by atoms with Gasteiger partial charge in [-0.05, 0) is 19.8 Å². The van der Waals surface area contributed by atoms with Crippen LogP contribution in [-0.4, -0.2) is 42.2 Å². The number of aromatic nitrogens is 2. The molecular formula is C19H15Cl2F3N4O4. The summed E-state index contributed by atoms with van der Waals surface area (Å²) in [7, 11) is 1.22. The fourth-order valence-corrected chi connectivity index (χ4v) is 3.81. The van der Waals surface area contributed by atoms with Crippen molar-refractivity contribution in [3.63, 3.8) is 0 Å². The van der Waals surface area contributed by atoms with E-state index >= 15 is 0 Å². The van der Waals surface area contributed by atoms with E-state index in [9.17, 15) is 23.2 Å². The molecular weight excluding hydrogens is 476 g/mol. The fraction of sp³-hybridized carbons (Fsp3) is 0.368. The van der Waals surface area contributed by atoms with E-state index in [1.807, 2.05) is 6.07 Å². The van der Waals surface area contributed by atoms with E-state index < -0.39 is 23.5 Å². The molecule has 0 bridgehead atoms. The SMILES string of the molecule is CCO/C=N/c1c(C2(C(=O)OC)CC2)c(C#N)nn1-c1c(Cl)cc(OC(F)(F)F)cc1Cl. The van der Waals surface area contributed by atoms with Gasteiger partial charge in [-0.25, -0.2) is 9.67 Å². The van der Waals surface area contributed by atoms with Crippen LogP contribution < -0.4 is 4.74 Å². The molecule has 0 N–H and O–H groups in total. The van der Waals surface area contributed by atoms with Gasteiger partial charge in [0, 0.05) is 12.1 Å². The van der Waals surface area contributed by atoms with Crippen LogP contribution in [0, 0.1) is 11.3 Å². The van der Waals surface area contributed by atoms with E-state index in [0.29, 0.717) is 12.8 Å². The number of halogens is 5. The molecule has 8 nitrogen and oxygen atoms in total. The van der Waals surface area contributed by atoms with Gasteiger partial charge in [0.1, 0.15) is 17.5 Å². The van der Waals surface area contributed by atoms with Crippen LogP contribution in [-0.2, 0) is 19.7 Å². The molecule has 13 heteroatoms. The summed E-state index contributed by atoms with van der Waals surface area (Å²) < 4.78 is 52.7.